The summed E-state index contributed by atoms with van der Waals surface area (Å²) in [5.74, 6) is 1.34. The van der Waals surface area contributed by atoms with Crippen molar-refractivity contribution in [1.29, 1.82) is 0 Å². The van der Waals surface area contributed by atoms with Gasteiger partial charge in [-0.3, -0.25) is 4.99 Å². The lowest BCUT2D eigenvalue weighted by molar-refractivity contribution is 0.410. The molecule has 2 N–H and O–H groups in total. The van der Waals surface area contributed by atoms with Crippen molar-refractivity contribution in [1.82, 2.24) is 15.8 Å². The molecule has 0 aromatic carbocycles. The highest BCUT2D eigenvalue weighted by atomic mass is 32.1. The molecule has 2 rings (SSSR count). The predicted octanol–water partition coefficient (Wildman–Crippen LogP) is 2.28. The maximum absolute atomic E-state index is 4.79. The van der Waals surface area contributed by atoms with Gasteiger partial charge in [0, 0.05) is 24.5 Å². The Morgan fingerprint density at radius 3 is 3.00 bits per heavy atom. The van der Waals surface area contributed by atoms with Crippen molar-refractivity contribution >= 4 is 17.3 Å². The lowest BCUT2D eigenvalue weighted by Gasteiger charge is -2.15. The molecule has 6 heteroatoms. The first kappa shape index (κ1) is 14.6. The molecule has 0 amide bonds. The van der Waals surface area contributed by atoms with Crippen molar-refractivity contribution in [2.24, 2.45) is 10.9 Å². The largest absolute Gasteiger partial charge is 0.364 e. The molecule has 0 radical (unpaired) electrons. The van der Waals surface area contributed by atoms with Crippen LogP contribution in [0.5, 0.6) is 0 Å². The van der Waals surface area contributed by atoms with Gasteiger partial charge in [-0.25, -0.2) is 0 Å². The average molecular weight is 292 g/mol. The predicted molar refractivity (Wildman–Crippen MR) is 81.9 cm³/mol. The van der Waals surface area contributed by atoms with E-state index in [2.05, 4.69) is 45.2 Å². The van der Waals surface area contributed by atoms with Crippen LogP contribution >= 0.6 is 11.3 Å². The smallest absolute Gasteiger partial charge is 0.191 e. The molecule has 0 spiro atoms. The Bertz CT molecular complexity index is 507. The molecule has 0 bridgehead atoms. The zero-order valence-corrected chi connectivity index (χ0v) is 12.6. The second-order valence-corrected chi connectivity index (χ2v) is 5.72. The van der Waals surface area contributed by atoms with Crippen molar-refractivity contribution in [3.05, 3.63) is 40.4 Å². The van der Waals surface area contributed by atoms with Crippen LogP contribution < -0.4 is 10.6 Å². The molecular weight excluding hydrogens is 272 g/mol. The van der Waals surface area contributed by atoms with Crippen LogP contribution in [0.3, 0.4) is 0 Å². The molecule has 1 unspecified atom stereocenters. The molecule has 0 aliphatic carbocycles. The monoisotopic (exact) mass is 292 g/mol. The number of nitrogens with zero attached hydrogens (tertiary/aromatic N) is 2. The van der Waals surface area contributed by atoms with E-state index < -0.39 is 0 Å². The van der Waals surface area contributed by atoms with Crippen LogP contribution in [-0.2, 0) is 13.0 Å². The zero-order valence-electron chi connectivity index (χ0n) is 11.8. The normalized spacial score (nSPS) is 13.2. The van der Waals surface area contributed by atoms with E-state index in [1.807, 2.05) is 17.4 Å². The van der Waals surface area contributed by atoms with Crippen molar-refractivity contribution in [2.75, 3.05) is 13.6 Å². The summed E-state index contributed by atoms with van der Waals surface area (Å²) < 4.78 is 4.79. The molecule has 5 nitrogen and oxygen atoms in total. The lowest BCUT2D eigenvalue weighted by Crippen LogP contribution is -2.39. The number of nitrogens with one attached hydrogen (secondary N) is 2. The molecule has 2 aromatic rings. The first-order valence-corrected chi connectivity index (χ1v) is 7.52. The van der Waals surface area contributed by atoms with E-state index in [4.69, 9.17) is 4.52 Å². The van der Waals surface area contributed by atoms with Gasteiger partial charge in [-0.05, 0) is 23.8 Å². The van der Waals surface area contributed by atoms with Gasteiger partial charge in [0.15, 0.2) is 5.96 Å². The van der Waals surface area contributed by atoms with Crippen molar-refractivity contribution < 1.29 is 4.52 Å². The minimum atomic E-state index is 0.555. The fraction of sp³-hybridized carbons (Fsp3) is 0.429. The second kappa shape index (κ2) is 7.69. The lowest BCUT2D eigenvalue weighted by atomic mass is 10.1. The van der Waals surface area contributed by atoms with Gasteiger partial charge in [0.2, 0.25) is 0 Å². The Hall–Kier alpha value is -1.82. The van der Waals surface area contributed by atoms with Gasteiger partial charge in [-0.1, -0.05) is 18.1 Å². The van der Waals surface area contributed by atoms with Crippen LogP contribution in [0, 0.1) is 5.92 Å². The molecule has 2 aromatic heterocycles. The van der Waals surface area contributed by atoms with Crippen LogP contribution in [-0.4, -0.2) is 24.7 Å². The Morgan fingerprint density at radius 2 is 2.35 bits per heavy atom. The molecule has 0 saturated carbocycles. The van der Waals surface area contributed by atoms with Crippen molar-refractivity contribution in [2.45, 2.75) is 19.9 Å². The minimum absolute atomic E-state index is 0.555. The Labute approximate surface area is 123 Å². The maximum atomic E-state index is 4.79. The highest BCUT2D eigenvalue weighted by molar-refractivity contribution is 7.09. The Balaban J connectivity index is 1.70. The molecule has 0 aliphatic rings. The highest BCUT2D eigenvalue weighted by Crippen LogP contribution is 2.13. The molecule has 0 fully saturated rings. The van der Waals surface area contributed by atoms with E-state index in [1.165, 1.54) is 4.88 Å². The summed E-state index contributed by atoms with van der Waals surface area (Å²) >= 11 is 1.81. The van der Waals surface area contributed by atoms with Crippen LogP contribution in [0.15, 0.2) is 39.4 Å². The SMILES string of the molecule is CN=C(NCc1ccon1)NCC(C)Cc1cccs1. The van der Waals surface area contributed by atoms with Crippen LogP contribution in [0.25, 0.3) is 0 Å². The third-order valence-corrected chi connectivity index (χ3v) is 3.80. The summed E-state index contributed by atoms with van der Waals surface area (Å²) in [4.78, 5) is 5.62. The quantitative estimate of drug-likeness (QED) is 0.633. The average Bonchev–Trinajstić information content (AvgIpc) is 3.12. The molecule has 0 saturated heterocycles. The topological polar surface area (TPSA) is 62.5 Å². The van der Waals surface area contributed by atoms with Crippen LogP contribution in [0.4, 0.5) is 0 Å². The van der Waals surface area contributed by atoms with E-state index >= 15 is 0 Å². The number of hydrogen-bond acceptors (Lipinski definition) is 4. The maximum Gasteiger partial charge on any atom is 0.191 e. The number of hydrogen-bond donors (Lipinski definition) is 2. The Kier molecular flexibility index (Phi) is 5.61. The van der Waals surface area contributed by atoms with Gasteiger partial charge in [0.1, 0.15) is 12.0 Å². The van der Waals surface area contributed by atoms with Gasteiger partial charge in [-0.2, -0.15) is 0 Å². The van der Waals surface area contributed by atoms with Crippen LogP contribution in [0.2, 0.25) is 0 Å². The number of rotatable bonds is 6. The van der Waals surface area contributed by atoms with Crippen molar-refractivity contribution in [3.8, 4) is 0 Å². The van der Waals surface area contributed by atoms with Gasteiger partial charge < -0.3 is 15.2 Å². The molecule has 108 valence electrons. The highest BCUT2D eigenvalue weighted by Gasteiger charge is 2.06. The van der Waals surface area contributed by atoms with E-state index in [-0.39, 0.29) is 0 Å². The minimum Gasteiger partial charge on any atom is -0.364 e. The first-order valence-electron chi connectivity index (χ1n) is 6.64. The summed E-state index contributed by atoms with van der Waals surface area (Å²) in [6.07, 6.45) is 2.65. The molecule has 20 heavy (non-hydrogen) atoms. The molecule has 0 aliphatic heterocycles. The summed E-state index contributed by atoms with van der Waals surface area (Å²) in [6, 6.07) is 6.11. The zero-order chi connectivity index (χ0) is 14.2. The summed E-state index contributed by atoms with van der Waals surface area (Å²) in [6.45, 7) is 3.73. The van der Waals surface area contributed by atoms with E-state index in [0.29, 0.717) is 12.5 Å². The second-order valence-electron chi connectivity index (χ2n) is 4.69. The summed E-state index contributed by atoms with van der Waals surface area (Å²) in [7, 11) is 1.77. The summed E-state index contributed by atoms with van der Waals surface area (Å²) in [5.41, 5.74) is 0.861. The standard InChI is InChI=1S/C14H20N4OS/c1-11(8-13-4-3-7-20-13)9-16-14(15-2)17-10-12-5-6-19-18-12/h3-7,11H,8-10H2,1-2H3,(H2,15,16,17). The third-order valence-electron chi connectivity index (χ3n) is 2.90. The van der Waals surface area contributed by atoms with E-state index in [9.17, 15) is 0 Å². The van der Waals surface area contributed by atoms with Gasteiger partial charge in [-0.15, -0.1) is 11.3 Å². The fourth-order valence-corrected chi connectivity index (χ4v) is 2.71. The number of guanidine groups is 1. The van der Waals surface area contributed by atoms with E-state index in [0.717, 1.165) is 24.6 Å². The molecule has 1 atom stereocenters. The van der Waals surface area contributed by atoms with Crippen LogP contribution in [0.1, 0.15) is 17.5 Å². The molecule has 2 heterocycles. The first-order chi connectivity index (χ1) is 9.78. The van der Waals surface area contributed by atoms with Crippen molar-refractivity contribution in [3.63, 3.8) is 0 Å². The number of aromatic nitrogens is 1. The number of aliphatic imine (C=N–C) groups is 1. The summed E-state index contributed by atoms with van der Waals surface area (Å²) in [5, 5.41) is 12.5. The molecular formula is C14H20N4OS. The fourth-order valence-electron chi connectivity index (χ4n) is 1.84. The Morgan fingerprint density at radius 1 is 1.45 bits per heavy atom. The third kappa shape index (κ3) is 4.70. The van der Waals surface area contributed by atoms with Gasteiger partial charge >= 0.3 is 0 Å². The number of thiophene rings is 1. The van der Waals surface area contributed by atoms with Gasteiger partial charge in [0.25, 0.3) is 0 Å². The van der Waals surface area contributed by atoms with Gasteiger partial charge in [0.05, 0.1) is 6.54 Å². The van der Waals surface area contributed by atoms with E-state index in [1.54, 1.807) is 13.3 Å².